The van der Waals surface area contributed by atoms with Crippen LogP contribution in [0.1, 0.15) is 46.8 Å². The summed E-state index contributed by atoms with van der Waals surface area (Å²) < 4.78 is 26.0. The van der Waals surface area contributed by atoms with E-state index in [1.165, 1.54) is 4.31 Å². The third-order valence-electron chi connectivity index (χ3n) is 6.91. The Kier molecular flexibility index (Phi) is 5.04. The number of nitrogens with zero attached hydrogens (tertiary/aromatic N) is 2. The fraction of sp³-hybridized carbons (Fsp3) is 0.375. The van der Waals surface area contributed by atoms with Crippen LogP contribution in [0, 0.1) is 0 Å². The predicted molar refractivity (Wildman–Crippen MR) is 123 cm³/mol. The molecule has 3 aliphatic rings. The molecule has 2 heterocycles. The minimum atomic E-state index is -3.38. The number of Topliss-reactive ketones (excluding diaryl/α,β-unsaturated/α-hetero) is 1. The molecule has 1 spiro atoms. The number of nitrogens with one attached hydrogen (secondary N) is 1. The summed E-state index contributed by atoms with van der Waals surface area (Å²) in [7, 11) is -3.38. The van der Waals surface area contributed by atoms with Crippen molar-refractivity contribution in [3.63, 3.8) is 0 Å². The zero-order chi connectivity index (χ0) is 23.4. The largest absolute Gasteiger partial charge is 0.325 e. The molecule has 1 fully saturated rings. The van der Waals surface area contributed by atoms with Crippen LogP contribution in [0.15, 0.2) is 42.5 Å². The molecule has 1 aliphatic carbocycles. The first-order valence-electron chi connectivity index (χ1n) is 11.2. The summed E-state index contributed by atoms with van der Waals surface area (Å²) >= 11 is 0. The summed E-state index contributed by atoms with van der Waals surface area (Å²) in [4.78, 5) is 40.2. The lowest BCUT2D eigenvalue weighted by atomic mass is 9.76. The molecule has 1 saturated heterocycles. The molecule has 8 nitrogen and oxygen atoms in total. The fourth-order valence-corrected chi connectivity index (χ4v) is 6.34. The number of sulfonamides is 1. The van der Waals surface area contributed by atoms with E-state index in [1.807, 2.05) is 24.3 Å². The minimum Gasteiger partial charge on any atom is -0.319 e. The molecule has 3 amide bonds. The second-order valence-electron chi connectivity index (χ2n) is 8.73. The average molecular weight is 468 g/mol. The number of hydrogen-bond acceptors (Lipinski definition) is 5. The van der Waals surface area contributed by atoms with Gasteiger partial charge in [0.1, 0.15) is 5.54 Å². The monoisotopic (exact) mass is 467 g/mol. The van der Waals surface area contributed by atoms with E-state index in [9.17, 15) is 22.8 Å². The Balaban J connectivity index is 1.39. The van der Waals surface area contributed by atoms with E-state index in [2.05, 4.69) is 5.32 Å². The number of carbonyl (C=O) groups is 3. The number of urea groups is 1. The molecule has 0 bridgehead atoms. The third kappa shape index (κ3) is 3.33. The van der Waals surface area contributed by atoms with E-state index in [0.29, 0.717) is 30.6 Å². The molecule has 5 rings (SSSR count). The van der Waals surface area contributed by atoms with Crippen molar-refractivity contribution >= 4 is 33.4 Å². The molecule has 2 aliphatic heterocycles. The van der Waals surface area contributed by atoms with Gasteiger partial charge < -0.3 is 5.32 Å². The van der Waals surface area contributed by atoms with Crippen LogP contribution in [0.5, 0.6) is 0 Å². The van der Waals surface area contributed by atoms with Crippen molar-refractivity contribution in [1.82, 2.24) is 10.2 Å². The number of amides is 3. The van der Waals surface area contributed by atoms with Crippen molar-refractivity contribution in [1.29, 1.82) is 0 Å². The van der Waals surface area contributed by atoms with Crippen molar-refractivity contribution in [2.45, 2.75) is 38.1 Å². The highest BCUT2D eigenvalue weighted by Crippen LogP contribution is 2.40. The number of hydrogen-bond donors (Lipinski definition) is 1. The molecule has 0 saturated carbocycles. The Labute approximate surface area is 192 Å². The van der Waals surface area contributed by atoms with Crippen LogP contribution in [0.4, 0.5) is 10.5 Å². The zero-order valence-electron chi connectivity index (χ0n) is 18.3. The van der Waals surface area contributed by atoms with Crippen LogP contribution in [0.25, 0.3) is 0 Å². The number of imide groups is 1. The average Bonchev–Trinajstić information content (AvgIpc) is 3.35. The van der Waals surface area contributed by atoms with Gasteiger partial charge in [-0.3, -0.25) is 18.8 Å². The minimum absolute atomic E-state index is 0.00415. The van der Waals surface area contributed by atoms with Crippen LogP contribution in [0.3, 0.4) is 0 Å². The van der Waals surface area contributed by atoms with Crippen LogP contribution < -0.4 is 9.62 Å². The van der Waals surface area contributed by atoms with Gasteiger partial charge in [-0.1, -0.05) is 24.3 Å². The number of benzene rings is 2. The van der Waals surface area contributed by atoms with Crippen molar-refractivity contribution in [2.75, 3.05) is 23.1 Å². The summed E-state index contributed by atoms with van der Waals surface area (Å²) in [5.41, 5.74) is 2.44. The quantitative estimate of drug-likeness (QED) is 0.537. The van der Waals surface area contributed by atoms with Gasteiger partial charge in [-0.05, 0) is 67.5 Å². The lowest BCUT2D eigenvalue weighted by molar-refractivity contribution is -0.131. The molecule has 0 radical (unpaired) electrons. The van der Waals surface area contributed by atoms with Crippen molar-refractivity contribution < 1.29 is 22.8 Å². The fourth-order valence-electron chi connectivity index (χ4n) is 5.18. The van der Waals surface area contributed by atoms with E-state index in [4.69, 9.17) is 0 Å². The Morgan fingerprint density at radius 3 is 2.67 bits per heavy atom. The molecule has 2 aromatic carbocycles. The molecular weight excluding hydrogens is 442 g/mol. The van der Waals surface area contributed by atoms with Crippen molar-refractivity contribution in [3.05, 3.63) is 64.7 Å². The highest BCUT2D eigenvalue weighted by atomic mass is 32.2. The summed E-state index contributed by atoms with van der Waals surface area (Å²) in [5, 5.41) is 2.86. The first-order chi connectivity index (χ1) is 15.8. The summed E-state index contributed by atoms with van der Waals surface area (Å²) in [6.07, 6.45) is 2.63. The number of rotatable bonds is 5. The molecule has 1 atom stereocenters. The number of carbonyl (C=O) groups excluding carboxylic acids is 3. The SMILES string of the molecule is CCS(=O)(=O)N1CCc2cc(C(=O)CN3C(=O)N[C@@]4(CCCc5ccccc54)C3=O)ccc21. The smallest absolute Gasteiger partial charge is 0.319 e. The highest BCUT2D eigenvalue weighted by molar-refractivity contribution is 7.92. The van der Waals surface area contributed by atoms with Gasteiger partial charge in [0, 0.05) is 12.1 Å². The second-order valence-corrected chi connectivity index (χ2v) is 10.9. The Morgan fingerprint density at radius 1 is 1.09 bits per heavy atom. The van der Waals surface area contributed by atoms with E-state index >= 15 is 0 Å². The van der Waals surface area contributed by atoms with E-state index in [0.717, 1.165) is 34.4 Å². The van der Waals surface area contributed by atoms with Crippen LogP contribution in [0.2, 0.25) is 0 Å². The molecule has 0 unspecified atom stereocenters. The van der Waals surface area contributed by atoms with Gasteiger partial charge in [0.2, 0.25) is 10.0 Å². The Bertz CT molecular complexity index is 1290. The van der Waals surface area contributed by atoms with Gasteiger partial charge in [0.25, 0.3) is 5.91 Å². The van der Waals surface area contributed by atoms with Gasteiger partial charge in [0.15, 0.2) is 5.78 Å². The number of ketones is 1. The summed E-state index contributed by atoms with van der Waals surface area (Å²) in [6, 6.07) is 11.9. The lowest BCUT2D eigenvalue weighted by Gasteiger charge is -2.33. The number of aryl methyl sites for hydroxylation is 1. The maximum Gasteiger partial charge on any atom is 0.325 e. The van der Waals surface area contributed by atoms with Crippen LogP contribution >= 0.6 is 0 Å². The number of anilines is 1. The maximum absolute atomic E-state index is 13.4. The molecular formula is C24H25N3O5S. The molecule has 9 heteroatoms. The van der Waals surface area contributed by atoms with Crippen molar-refractivity contribution in [2.24, 2.45) is 0 Å². The first kappa shape index (κ1) is 21.6. The van der Waals surface area contributed by atoms with Crippen LogP contribution in [-0.4, -0.2) is 49.9 Å². The van der Waals surface area contributed by atoms with Gasteiger partial charge in [-0.15, -0.1) is 0 Å². The number of fused-ring (bicyclic) bond motifs is 3. The molecule has 33 heavy (non-hydrogen) atoms. The third-order valence-corrected chi connectivity index (χ3v) is 8.69. The molecule has 2 aromatic rings. The molecule has 0 aromatic heterocycles. The lowest BCUT2D eigenvalue weighted by Crippen LogP contribution is -2.46. The summed E-state index contributed by atoms with van der Waals surface area (Å²) in [6.45, 7) is 1.59. The molecule has 1 N–H and O–H groups in total. The van der Waals surface area contributed by atoms with E-state index < -0.39 is 27.5 Å². The topological polar surface area (TPSA) is 104 Å². The zero-order valence-corrected chi connectivity index (χ0v) is 19.2. The van der Waals surface area contributed by atoms with Gasteiger partial charge >= 0.3 is 6.03 Å². The normalized spacial score (nSPS) is 21.8. The standard InChI is InChI=1S/C24H25N3O5S/c1-2-33(31,32)27-13-11-17-14-18(9-10-20(17)27)21(28)15-26-22(29)24(25-23(26)30)12-5-7-16-6-3-4-8-19(16)24/h3-4,6,8-10,14H,2,5,7,11-13,15H2,1H3,(H,25,30)/t24-/m1/s1. The van der Waals surface area contributed by atoms with Gasteiger partial charge in [-0.25, -0.2) is 13.2 Å². The van der Waals surface area contributed by atoms with Gasteiger partial charge in [0.05, 0.1) is 18.0 Å². The Morgan fingerprint density at radius 2 is 1.88 bits per heavy atom. The van der Waals surface area contributed by atoms with Crippen LogP contribution in [-0.2, 0) is 33.2 Å². The van der Waals surface area contributed by atoms with E-state index in [-0.39, 0.29) is 18.1 Å². The first-order valence-corrected chi connectivity index (χ1v) is 12.8. The second kappa shape index (κ2) is 7.69. The maximum atomic E-state index is 13.4. The van der Waals surface area contributed by atoms with Crippen molar-refractivity contribution in [3.8, 4) is 0 Å². The van der Waals surface area contributed by atoms with E-state index in [1.54, 1.807) is 25.1 Å². The Hall–Kier alpha value is -3.20. The predicted octanol–water partition coefficient (Wildman–Crippen LogP) is 2.37. The van der Waals surface area contributed by atoms with Gasteiger partial charge in [-0.2, -0.15) is 0 Å². The summed E-state index contributed by atoms with van der Waals surface area (Å²) in [5.74, 6) is -0.752. The highest BCUT2D eigenvalue weighted by Gasteiger charge is 2.54. The molecule has 172 valence electrons.